The van der Waals surface area contributed by atoms with Gasteiger partial charge in [0, 0.05) is 12.6 Å². The van der Waals surface area contributed by atoms with Gasteiger partial charge < -0.3 is 14.8 Å². The minimum atomic E-state index is -4.88. The van der Waals surface area contributed by atoms with E-state index in [1.807, 2.05) is 0 Å². The summed E-state index contributed by atoms with van der Waals surface area (Å²) < 4.78 is 57.2. The Morgan fingerprint density at radius 2 is 2.00 bits per heavy atom. The predicted molar refractivity (Wildman–Crippen MR) is 112 cm³/mol. The van der Waals surface area contributed by atoms with E-state index >= 15 is 0 Å². The van der Waals surface area contributed by atoms with E-state index in [1.54, 1.807) is 22.1 Å². The minimum absolute atomic E-state index is 0.0520. The van der Waals surface area contributed by atoms with Crippen molar-refractivity contribution in [1.29, 1.82) is 0 Å². The molecule has 2 saturated heterocycles. The highest BCUT2D eigenvalue weighted by Crippen LogP contribution is 2.51. The van der Waals surface area contributed by atoms with Crippen molar-refractivity contribution < 1.29 is 22.4 Å². The number of halogens is 5. The third-order valence-corrected chi connectivity index (χ3v) is 6.54. The number of nitrogens with one attached hydrogen (secondary N) is 1. The normalized spacial score (nSPS) is 24.1. The van der Waals surface area contributed by atoms with Crippen LogP contribution >= 0.6 is 11.6 Å². The number of anilines is 1. The highest BCUT2D eigenvalue weighted by molar-refractivity contribution is 6.29. The molecule has 2 aliphatic heterocycles. The molecule has 1 aliphatic carbocycles. The van der Waals surface area contributed by atoms with Crippen molar-refractivity contribution in [2.75, 3.05) is 5.32 Å². The average Bonchev–Trinajstić information content (AvgIpc) is 3.39. The highest BCUT2D eigenvalue weighted by atomic mass is 35.5. The Labute approximate surface area is 195 Å². The van der Waals surface area contributed by atoms with E-state index in [0.717, 1.165) is 31.5 Å². The van der Waals surface area contributed by atoms with Crippen molar-refractivity contribution in [2.45, 2.75) is 50.5 Å². The van der Waals surface area contributed by atoms with Crippen molar-refractivity contribution >= 4 is 23.3 Å². The monoisotopic (exact) mass is 498 g/mol. The molecule has 1 aromatic carbocycles. The van der Waals surface area contributed by atoms with Crippen molar-refractivity contribution in [3.63, 3.8) is 0 Å². The van der Waals surface area contributed by atoms with Gasteiger partial charge in [-0.15, -0.1) is 20.1 Å². The topological polar surface area (TPSA) is 93.8 Å². The molecular formula is C20H19ClF4N8O. The molecule has 6 rings (SSSR count). The van der Waals surface area contributed by atoms with E-state index in [4.69, 9.17) is 11.6 Å². The number of benzene rings is 1. The number of piperidine rings is 1. The number of carbonyl (C=O) groups is 1. The summed E-state index contributed by atoms with van der Waals surface area (Å²) in [6.45, 7) is 2.57. The molecule has 0 radical (unpaired) electrons. The first-order valence-corrected chi connectivity index (χ1v) is 10.9. The lowest BCUT2D eigenvalue weighted by atomic mass is 9.64. The number of fused-ring (bicyclic) bond motifs is 2. The Morgan fingerprint density at radius 3 is 2.65 bits per heavy atom. The number of aromatic nitrogens is 6. The number of rotatable bonds is 4. The average molecular weight is 499 g/mol. The van der Waals surface area contributed by atoms with Crippen LogP contribution in [0.4, 0.5) is 28.0 Å². The van der Waals surface area contributed by atoms with Gasteiger partial charge in [0.25, 0.3) is 0 Å². The maximum Gasteiger partial charge on any atom is 0.418 e. The molecule has 2 amide bonds. The second kappa shape index (κ2) is 7.93. The predicted octanol–water partition coefficient (Wildman–Crippen LogP) is 4.15. The summed E-state index contributed by atoms with van der Waals surface area (Å²) in [6.07, 6.45) is 1.56. The molecule has 0 unspecified atom stereocenters. The first-order valence-electron chi connectivity index (χ1n) is 10.5. The molecule has 34 heavy (non-hydrogen) atoms. The minimum Gasteiger partial charge on any atom is -0.318 e. The summed E-state index contributed by atoms with van der Waals surface area (Å²) in [5.74, 6) is -0.848. The maximum atomic E-state index is 14.7. The van der Waals surface area contributed by atoms with Gasteiger partial charge in [-0.2, -0.15) is 18.3 Å². The van der Waals surface area contributed by atoms with Gasteiger partial charge in [0.05, 0.1) is 23.0 Å². The molecule has 9 nitrogen and oxygen atoms in total. The molecule has 3 aliphatic rings. The van der Waals surface area contributed by atoms with Gasteiger partial charge in [0.15, 0.2) is 5.15 Å². The van der Waals surface area contributed by atoms with Crippen LogP contribution in [0.25, 0.3) is 5.69 Å². The van der Waals surface area contributed by atoms with Crippen molar-refractivity contribution in [1.82, 2.24) is 34.7 Å². The number of alkyl halides is 3. The number of hydrogen-bond donors (Lipinski definition) is 1. The quantitative estimate of drug-likeness (QED) is 0.546. The summed E-state index contributed by atoms with van der Waals surface area (Å²) in [5, 5.41) is 17.3. The van der Waals surface area contributed by atoms with E-state index in [2.05, 4.69) is 32.6 Å². The number of urea groups is 1. The Hall–Kier alpha value is -3.22. The molecule has 1 saturated carbocycles. The smallest absolute Gasteiger partial charge is 0.318 e. The molecule has 2 aromatic heterocycles. The second-order valence-corrected chi connectivity index (χ2v) is 9.25. The molecule has 3 atom stereocenters. The Morgan fingerprint density at radius 1 is 1.26 bits per heavy atom. The molecule has 14 heteroatoms. The molecular weight excluding hydrogens is 480 g/mol. The van der Waals surface area contributed by atoms with Crippen LogP contribution in [0.5, 0.6) is 0 Å². The lowest BCUT2D eigenvalue weighted by Crippen LogP contribution is -2.73. The van der Waals surface area contributed by atoms with Crippen LogP contribution in [-0.4, -0.2) is 52.3 Å². The van der Waals surface area contributed by atoms with Crippen LogP contribution < -0.4 is 5.32 Å². The molecule has 3 fully saturated rings. The molecule has 0 spiro atoms. The molecule has 180 valence electrons. The molecule has 3 aromatic rings. The van der Waals surface area contributed by atoms with Crippen LogP contribution in [0.2, 0.25) is 5.15 Å². The van der Waals surface area contributed by atoms with Gasteiger partial charge in [-0.25, -0.2) is 9.18 Å². The fourth-order valence-electron chi connectivity index (χ4n) is 5.29. The second-order valence-electron chi connectivity index (χ2n) is 8.87. The fourth-order valence-corrected chi connectivity index (χ4v) is 5.40. The number of amides is 2. The summed E-state index contributed by atoms with van der Waals surface area (Å²) in [7, 11) is 0. The zero-order valence-electron chi connectivity index (χ0n) is 17.8. The van der Waals surface area contributed by atoms with Gasteiger partial charge in [0.1, 0.15) is 24.2 Å². The number of carbonyl (C=O) groups excluding carboxylic acids is 1. The maximum absolute atomic E-state index is 14.7. The van der Waals surface area contributed by atoms with Crippen LogP contribution in [-0.2, 0) is 12.7 Å². The lowest BCUT2D eigenvalue weighted by molar-refractivity contribution is -0.137. The van der Waals surface area contributed by atoms with Crippen molar-refractivity contribution in [3.8, 4) is 5.69 Å². The standard InChI is InChI=1S/C20H19ClF4N8O/c1-11-2-12-6-19(5-11,8-31-9-26-27-10-31)32(12)18(34)29-15-4-16(33-28-7-17(21)30-33)13(3-14(15)22)20(23,24)25/h3-4,7,9-12H,2,5-6,8H2,1H3,(H,29,34)/t11-,12-,19+/m0/s1. The van der Waals surface area contributed by atoms with E-state index in [0.29, 0.717) is 23.3 Å². The van der Waals surface area contributed by atoms with E-state index in [-0.39, 0.29) is 11.2 Å². The van der Waals surface area contributed by atoms with Crippen LogP contribution in [0, 0.1) is 11.7 Å². The zero-order chi connectivity index (χ0) is 24.3. The first kappa shape index (κ1) is 22.6. The van der Waals surface area contributed by atoms with Gasteiger partial charge in [-0.3, -0.25) is 0 Å². The Bertz CT molecular complexity index is 1230. The summed E-state index contributed by atoms with van der Waals surface area (Å²) >= 11 is 5.70. The number of nitrogens with zero attached hydrogens (tertiary/aromatic N) is 7. The van der Waals surface area contributed by atoms with Crippen LogP contribution in [0.3, 0.4) is 0 Å². The molecule has 4 heterocycles. The van der Waals surface area contributed by atoms with E-state index in [1.165, 1.54) is 0 Å². The van der Waals surface area contributed by atoms with E-state index in [9.17, 15) is 22.4 Å². The summed E-state index contributed by atoms with van der Waals surface area (Å²) in [6, 6.07) is 0.529. The van der Waals surface area contributed by atoms with E-state index < -0.39 is 40.5 Å². The summed E-state index contributed by atoms with van der Waals surface area (Å²) in [5.41, 5.74) is -2.79. The third-order valence-electron chi connectivity index (χ3n) is 6.37. The fraction of sp³-hybridized carbons (Fsp3) is 0.450. The summed E-state index contributed by atoms with van der Waals surface area (Å²) in [4.78, 5) is 15.6. The van der Waals surface area contributed by atoms with Gasteiger partial charge >= 0.3 is 12.2 Å². The zero-order valence-corrected chi connectivity index (χ0v) is 18.6. The number of hydrogen-bond acceptors (Lipinski definition) is 5. The van der Waals surface area contributed by atoms with Gasteiger partial charge in [-0.05, 0) is 37.3 Å². The Kier molecular flexibility index (Phi) is 5.26. The van der Waals surface area contributed by atoms with Crippen LogP contribution in [0.15, 0.2) is 31.0 Å². The SMILES string of the molecule is C[C@H]1C[C@H]2C[C@@](Cn3cnnc3)(C1)N2C(=O)Nc1cc(-n2ncc(Cl)n2)c(C(F)(F)F)cc1F. The molecule has 1 N–H and O–H groups in total. The van der Waals surface area contributed by atoms with Gasteiger partial charge in [-0.1, -0.05) is 18.5 Å². The first-order chi connectivity index (χ1) is 16.1. The third kappa shape index (κ3) is 3.87. The van der Waals surface area contributed by atoms with Crippen LogP contribution in [0.1, 0.15) is 31.7 Å². The van der Waals surface area contributed by atoms with Crippen molar-refractivity contribution in [3.05, 3.63) is 47.5 Å². The Balaban J connectivity index is 1.46. The lowest BCUT2D eigenvalue weighted by Gasteiger charge is -2.63. The van der Waals surface area contributed by atoms with Gasteiger partial charge in [0.2, 0.25) is 0 Å². The largest absolute Gasteiger partial charge is 0.418 e. The van der Waals surface area contributed by atoms with Crippen molar-refractivity contribution in [2.24, 2.45) is 5.92 Å². The highest BCUT2D eigenvalue weighted by Gasteiger charge is 2.58. The molecule has 2 bridgehead atoms.